The number of hydrogen-bond donors (Lipinski definition) is 1. The lowest BCUT2D eigenvalue weighted by Gasteiger charge is -2.28. The molecule has 1 amide bonds. The average Bonchev–Trinajstić information content (AvgIpc) is 2.72. The van der Waals surface area contributed by atoms with E-state index in [-0.39, 0.29) is 11.7 Å². The third-order valence-corrected chi connectivity index (χ3v) is 4.50. The molecule has 0 radical (unpaired) electrons. The van der Waals surface area contributed by atoms with E-state index in [9.17, 15) is 9.18 Å². The molecule has 1 heterocycles. The van der Waals surface area contributed by atoms with Gasteiger partial charge in [-0.2, -0.15) is 0 Å². The molecule has 2 nitrogen and oxygen atoms in total. The lowest BCUT2D eigenvalue weighted by molar-refractivity contribution is -0.122. The molecule has 0 unspecified atom stereocenters. The van der Waals surface area contributed by atoms with E-state index < -0.39 is 5.54 Å². The summed E-state index contributed by atoms with van der Waals surface area (Å²) in [6, 6.07) is 8.16. The molecule has 2 aromatic rings. The first-order chi connectivity index (χ1) is 9.78. The monoisotopic (exact) mass is 325 g/mol. The molecular formula is C16H17ClFNOS. The number of carbonyl (C=O) groups is 1. The molecule has 0 aliphatic heterocycles. The van der Waals surface area contributed by atoms with Crippen LogP contribution in [0.1, 0.15) is 29.2 Å². The van der Waals surface area contributed by atoms with Crippen molar-refractivity contribution in [2.75, 3.05) is 0 Å². The first-order valence-corrected chi connectivity index (χ1v) is 7.79. The van der Waals surface area contributed by atoms with Crippen molar-refractivity contribution >= 4 is 28.8 Å². The van der Waals surface area contributed by atoms with Gasteiger partial charge in [0.15, 0.2) is 0 Å². The zero-order chi connectivity index (χ0) is 15.6. The Morgan fingerprint density at radius 1 is 1.33 bits per heavy atom. The van der Waals surface area contributed by atoms with Crippen molar-refractivity contribution in [1.29, 1.82) is 0 Å². The van der Waals surface area contributed by atoms with E-state index in [0.29, 0.717) is 17.0 Å². The number of amides is 1. The molecule has 0 spiro atoms. The largest absolute Gasteiger partial charge is 0.347 e. The van der Waals surface area contributed by atoms with Crippen molar-refractivity contribution in [2.45, 2.75) is 32.7 Å². The molecule has 0 atom stereocenters. The summed E-state index contributed by atoms with van der Waals surface area (Å²) < 4.78 is 13.1. The van der Waals surface area contributed by atoms with Crippen molar-refractivity contribution in [2.24, 2.45) is 0 Å². The first-order valence-electron chi connectivity index (χ1n) is 6.60. The van der Waals surface area contributed by atoms with Gasteiger partial charge in [-0.1, -0.05) is 17.7 Å². The van der Waals surface area contributed by atoms with Gasteiger partial charge in [-0.3, -0.25) is 4.79 Å². The summed E-state index contributed by atoms with van der Waals surface area (Å²) in [6.45, 7) is 5.71. The third-order valence-electron chi connectivity index (χ3n) is 3.19. The standard InChI is InChI=1S/C16H17ClFNOS/c1-10-4-6-12(21-10)9-15(20)19-16(2,3)13-7-5-11(18)8-14(13)17/h4-8H,9H2,1-3H3,(H,19,20). The van der Waals surface area contributed by atoms with Crippen molar-refractivity contribution in [1.82, 2.24) is 5.32 Å². The molecule has 0 bridgehead atoms. The maximum absolute atomic E-state index is 13.1. The van der Waals surface area contributed by atoms with E-state index in [2.05, 4.69) is 5.32 Å². The van der Waals surface area contributed by atoms with E-state index in [4.69, 9.17) is 11.6 Å². The van der Waals surface area contributed by atoms with Gasteiger partial charge in [0.1, 0.15) is 5.82 Å². The molecule has 0 saturated carbocycles. The summed E-state index contributed by atoms with van der Waals surface area (Å²) in [5.74, 6) is -0.470. The highest BCUT2D eigenvalue weighted by Gasteiger charge is 2.25. The van der Waals surface area contributed by atoms with Gasteiger partial charge >= 0.3 is 0 Å². The second kappa shape index (κ2) is 6.16. The summed E-state index contributed by atoms with van der Waals surface area (Å²) in [5.41, 5.74) is 0.0371. The van der Waals surface area contributed by atoms with Gasteiger partial charge in [0.25, 0.3) is 0 Å². The number of hydrogen-bond acceptors (Lipinski definition) is 2. The Bertz CT molecular complexity index is 666. The van der Waals surface area contributed by atoms with Crippen molar-refractivity contribution in [3.63, 3.8) is 0 Å². The SMILES string of the molecule is Cc1ccc(CC(=O)NC(C)(C)c2ccc(F)cc2Cl)s1. The molecule has 0 aliphatic rings. The fourth-order valence-electron chi connectivity index (χ4n) is 2.19. The van der Waals surface area contributed by atoms with Crippen molar-refractivity contribution in [3.8, 4) is 0 Å². The Morgan fingerprint density at radius 2 is 2.05 bits per heavy atom. The van der Waals surface area contributed by atoms with E-state index in [0.717, 1.165) is 4.88 Å². The minimum atomic E-state index is -0.659. The fourth-order valence-corrected chi connectivity index (χ4v) is 3.49. The summed E-state index contributed by atoms with van der Waals surface area (Å²) in [7, 11) is 0. The predicted molar refractivity (Wildman–Crippen MR) is 85.3 cm³/mol. The number of rotatable bonds is 4. The smallest absolute Gasteiger partial charge is 0.225 e. The molecule has 1 aromatic heterocycles. The second-order valence-corrected chi connectivity index (χ2v) is 7.27. The zero-order valence-electron chi connectivity index (χ0n) is 12.2. The molecule has 0 saturated heterocycles. The van der Waals surface area contributed by atoms with Gasteiger partial charge < -0.3 is 5.32 Å². The average molecular weight is 326 g/mol. The number of carbonyl (C=O) groups excluding carboxylic acids is 1. The van der Waals surface area contributed by atoms with Crippen LogP contribution in [0.3, 0.4) is 0 Å². The molecule has 2 rings (SSSR count). The van der Waals surface area contributed by atoms with Gasteiger partial charge in [-0.05, 0) is 50.6 Å². The van der Waals surface area contributed by atoms with Crippen LogP contribution in [0.15, 0.2) is 30.3 Å². The fraction of sp³-hybridized carbons (Fsp3) is 0.312. The van der Waals surface area contributed by atoms with Crippen LogP contribution in [0.5, 0.6) is 0 Å². The molecule has 112 valence electrons. The first kappa shape index (κ1) is 16.0. The van der Waals surface area contributed by atoms with Crippen LogP contribution in [-0.4, -0.2) is 5.91 Å². The van der Waals surface area contributed by atoms with Crippen LogP contribution >= 0.6 is 22.9 Å². The van der Waals surface area contributed by atoms with Crippen LogP contribution in [0, 0.1) is 12.7 Å². The van der Waals surface area contributed by atoms with Crippen LogP contribution in [0.25, 0.3) is 0 Å². The Labute approximate surface area is 132 Å². The van der Waals surface area contributed by atoms with Crippen LogP contribution in [-0.2, 0) is 16.8 Å². The summed E-state index contributed by atoms with van der Waals surface area (Å²) >= 11 is 7.68. The third kappa shape index (κ3) is 4.05. The number of benzene rings is 1. The Hall–Kier alpha value is -1.39. The minimum absolute atomic E-state index is 0.0813. The van der Waals surface area contributed by atoms with Crippen LogP contribution in [0.4, 0.5) is 4.39 Å². The number of halogens is 2. The molecule has 1 aromatic carbocycles. The van der Waals surface area contributed by atoms with Crippen LogP contribution in [0.2, 0.25) is 5.02 Å². The quantitative estimate of drug-likeness (QED) is 0.884. The van der Waals surface area contributed by atoms with Crippen molar-refractivity contribution < 1.29 is 9.18 Å². The van der Waals surface area contributed by atoms with Gasteiger partial charge in [0.2, 0.25) is 5.91 Å². The van der Waals surface area contributed by atoms with Gasteiger partial charge in [0, 0.05) is 14.8 Å². The van der Waals surface area contributed by atoms with Crippen LogP contribution < -0.4 is 5.32 Å². The van der Waals surface area contributed by atoms with Crippen molar-refractivity contribution in [3.05, 3.63) is 56.5 Å². The highest BCUT2D eigenvalue weighted by Crippen LogP contribution is 2.28. The number of nitrogens with one attached hydrogen (secondary N) is 1. The predicted octanol–water partition coefficient (Wildman–Crippen LogP) is 4.44. The van der Waals surface area contributed by atoms with E-state index >= 15 is 0 Å². The minimum Gasteiger partial charge on any atom is -0.347 e. The van der Waals surface area contributed by atoms with Gasteiger partial charge in [0.05, 0.1) is 12.0 Å². The number of thiophene rings is 1. The van der Waals surface area contributed by atoms with Gasteiger partial charge in [-0.15, -0.1) is 11.3 Å². The molecule has 21 heavy (non-hydrogen) atoms. The summed E-state index contributed by atoms with van der Waals surface area (Å²) in [5, 5.41) is 3.26. The molecule has 5 heteroatoms. The molecule has 0 fully saturated rings. The van der Waals surface area contributed by atoms with Gasteiger partial charge in [-0.25, -0.2) is 4.39 Å². The lowest BCUT2D eigenvalue weighted by atomic mass is 9.94. The normalized spacial score (nSPS) is 11.5. The molecule has 1 N–H and O–H groups in total. The lowest BCUT2D eigenvalue weighted by Crippen LogP contribution is -2.41. The Balaban J connectivity index is 2.11. The Morgan fingerprint density at radius 3 is 2.62 bits per heavy atom. The second-order valence-electron chi connectivity index (χ2n) is 5.49. The Kier molecular flexibility index (Phi) is 4.69. The van der Waals surface area contributed by atoms with E-state index in [1.54, 1.807) is 17.4 Å². The molecule has 0 aliphatic carbocycles. The highest BCUT2D eigenvalue weighted by atomic mass is 35.5. The topological polar surface area (TPSA) is 29.1 Å². The maximum Gasteiger partial charge on any atom is 0.225 e. The zero-order valence-corrected chi connectivity index (χ0v) is 13.7. The molecular weight excluding hydrogens is 309 g/mol. The summed E-state index contributed by atoms with van der Waals surface area (Å²) in [6.07, 6.45) is 0.334. The number of aryl methyl sites for hydroxylation is 1. The maximum atomic E-state index is 13.1. The summed E-state index contributed by atoms with van der Waals surface area (Å²) in [4.78, 5) is 14.4. The van der Waals surface area contributed by atoms with E-state index in [1.165, 1.54) is 17.0 Å². The van der Waals surface area contributed by atoms with E-state index in [1.807, 2.05) is 32.9 Å². The highest BCUT2D eigenvalue weighted by molar-refractivity contribution is 7.12.